The molecule has 5 heterocycles. The SMILES string of the molecule is Cc1csc(NC(=O)c2ccnc3c4c([nH]c23)C2CN(C(=O)c3ccccc3)CCN2C(=O)C4=O)n1. The molecular weight excluding hydrogens is 480 g/mol. The van der Waals surface area contributed by atoms with Crippen LogP contribution in [0.1, 0.15) is 48.5 Å². The lowest BCUT2D eigenvalue weighted by Crippen LogP contribution is -2.56. The largest absolute Gasteiger partial charge is 0.354 e. The number of piperazine rings is 1. The monoisotopic (exact) mass is 500 g/mol. The number of fused-ring (bicyclic) bond motifs is 5. The first-order valence-electron chi connectivity index (χ1n) is 11.4. The van der Waals surface area contributed by atoms with Crippen molar-refractivity contribution in [2.45, 2.75) is 13.0 Å². The second-order valence-corrected chi connectivity index (χ2v) is 9.56. The number of nitrogens with zero attached hydrogens (tertiary/aromatic N) is 4. The number of thiazole rings is 1. The van der Waals surface area contributed by atoms with Crippen molar-refractivity contribution in [1.82, 2.24) is 24.8 Å². The van der Waals surface area contributed by atoms with E-state index in [1.807, 2.05) is 18.4 Å². The number of H-pyrrole nitrogens is 1. The summed E-state index contributed by atoms with van der Waals surface area (Å²) in [5.74, 6) is -1.85. The lowest BCUT2D eigenvalue weighted by Gasteiger charge is -2.43. The van der Waals surface area contributed by atoms with E-state index in [9.17, 15) is 19.2 Å². The average molecular weight is 501 g/mol. The fraction of sp³-hybridized carbons (Fsp3) is 0.200. The van der Waals surface area contributed by atoms with Crippen LogP contribution < -0.4 is 5.32 Å². The number of aromatic nitrogens is 3. The molecule has 6 rings (SSSR count). The van der Waals surface area contributed by atoms with Crippen molar-refractivity contribution in [2.24, 2.45) is 0 Å². The number of hydrogen-bond donors (Lipinski definition) is 2. The fourth-order valence-corrected chi connectivity index (χ4v) is 5.49. The maximum absolute atomic E-state index is 13.1. The Morgan fingerprint density at radius 3 is 2.69 bits per heavy atom. The number of anilines is 1. The van der Waals surface area contributed by atoms with Crippen molar-refractivity contribution in [3.63, 3.8) is 0 Å². The molecule has 0 spiro atoms. The molecule has 2 aliphatic rings. The van der Waals surface area contributed by atoms with Crippen LogP contribution in [-0.4, -0.2) is 67.9 Å². The van der Waals surface area contributed by atoms with E-state index in [1.54, 1.807) is 35.2 Å². The van der Waals surface area contributed by atoms with Crippen LogP contribution in [0.15, 0.2) is 48.0 Å². The van der Waals surface area contributed by atoms with Crippen LogP contribution in [0.2, 0.25) is 0 Å². The Hall–Kier alpha value is -4.38. The van der Waals surface area contributed by atoms with Gasteiger partial charge in [-0.3, -0.25) is 29.5 Å². The maximum atomic E-state index is 13.1. The van der Waals surface area contributed by atoms with Gasteiger partial charge in [0.05, 0.1) is 34.1 Å². The van der Waals surface area contributed by atoms with E-state index in [0.29, 0.717) is 28.5 Å². The third-order valence-electron chi connectivity index (χ3n) is 6.50. The van der Waals surface area contributed by atoms with Crippen molar-refractivity contribution in [2.75, 3.05) is 25.0 Å². The number of rotatable bonds is 3. The highest BCUT2D eigenvalue weighted by Crippen LogP contribution is 2.37. The summed E-state index contributed by atoms with van der Waals surface area (Å²) in [7, 11) is 0. The van der Waals surface area contributed by atoms with Crippen LogP contribution in [0.4, 0.5) is 5.13 Å². The lowest BCUT2D eigenvalue weighted by atomic mass is 9.94. The summed E-state index contributed by atoms with van der Waals surface area (Å²) in [4.78, 5) is 67.3. The molecular formula is C25H20N6O4S. The molecule has 11 heteroatoms. The second kappa shape index (κ2) is 8.38. The zero-order chi connectivity index (χ0) is 25.0. The second-order valence-electron chi connectivity index (χ2n) is 8.70. The number of aryl methyl sites for hydroxylation is 1. The summed E-state index contributed by atoms with van der Waals surface area (Å²) in [6, 6.07) is 9.93. The lowest BCUT2D eigenvalue weighted by molar-refractivity contribution is -0.131. The highest BCUT2D eigenvalue weighted by molar-refractivity contribution is 7.14. The Bertz CT molecular complexity index is 1560. The van der Waals surface area contributed by atoms with Gasteiger partial charge in [0.2, 0.25) is 0 Å². The summed E-state index contributed by atoms with van der Waals surface area (Å²) in [5, 5.41) is 5.06. The quantitative estimate of drug-likeness (QED) is 0.416. The summed E-state index contributed by atoms with van der Waals surface area (Å²) in [6.07, 6.45) is 1.44. The molecule has 0 radical (unpaired) electrons. The van der Waals surface area contributed by atoms with E-state index in [-0.39, 0.29) is 35.6 Å². The van der Waals surface area contributed by atoms with Crippen LogP contribution in [0.3, 0.4) is 0 Å². The first-order valence-corrected chi connectivity index (χ1v) is 12.2. The van der Waals surface area contributed by atoms with E-state index < -0.39 is 23.6 Å². The van der Waals surface area contributed by atoms with Crippen molar-refractivity contribution < 1.29 is 19.2 Å². The van der Waals surface area contributed by atoms with Gasteiger partial charge in [-0.05, 0) is 25.1 Å². The number of benzene rings is 1. The molecule has 4 aromatic rings. The van der Waals surface area contributed by atoms with Gasteiger partial charge in [0.1, 0.15) is 5.52 Å². The third kappa shape index (κ3) is 3.47. The molecule has 0 bridgehead atoms. The van der Waals surface area contributed by atoms with Crippen molar-refractivity contribution in [3.8, 4) is 0 Å². The molecule has 1 atom stereocenters. The molecule has 0 aliphatic carbocycles. The van der Waals surface area contributed by atoms with E-state index >= 15 is 0 Å². The third-order valence-corrected chi connectivity index (χ3v) is 7.38. The fourth-order valence-electron chi connectivity index (χ4n) is 4.81. The van der Waals surface area contributed by atoms with E-state index in [2.05, 4.69) is 20.3 Å². The highest BCUT2D eigenvalue weighted by atomic mass is 32.1. The molecule has 0 saturated carbocycles. The molecule has 1 saturated heterocycles. The van der Waals surface area contributed by atoms with Crippen molar-refractivity contribution >= 4 is 51.0 Å². The van der Waals surface area contributed by atoms with Gasteiger partial charge in [-0.1, -0.05) is 18.2 Å². The molecule has 1 aromatic carbocycles. The predicted molar refractivity (Wildman–Crippen MR) is 132 cm³/mol. The molecule has 2 aliphatic heterocycles. The van der Waals surface area contributed by atoms with Gasteiger partial charge in [-0.2, -0.15) is 0 Å². The number of ketones is 1. The molecule has 10 nitrogen and oxygen atoms in total. The Kier molecular flexibility index (Phi) is 5.15. The zero-order valence-corrected chi connectivity index (χ0v) is 20.0. The maximum Gasteiger partial charge on any atom is 0.295 e. The minimum Gasteiger partial charge on any atom is -0.354 e. The van der Waals surface area contributed by atoms with Crippen molar-refractivity contribution in [3.05, 3.63) is 76.1 Å². The van der Waals surface area contributed by atoms with Crippen molar-refractivity contribution in [1.29, 1.82) is 0 Å². The van der Waals surface area contributed by atoms with Gasteiger partial charge >= 0.3 is 0 Å². The molecule has 2 N–H and O–H groups in total. The van der Waals surface area contributed by atoms with Gasteiger partial charge in [0, 0.05) is 36.8 Å². The number of aromatic amines is 1. The Balaban J connectivity index is 1.39. The Labute approximate surface area is 209 Å². The summed E-state index contributed by atoms with van der Waals surface area (Å²) >= 11 is 1.31. The topological polar surface area (TPSA) is 128 Å². The number of carbonyl (C=O) groups excluding carboxylic acids is 4. The van der Waals surface area contributed by atoms with Crippen LogP contribution in [-0.2, 0) is 4.79 Å². The predicted octanol–water partition coefficient (Wildman–Crippen LogP) is 2.80. The number of amides is 3. The van der Waals surface area contributed by atoms with Gasteiger partial charge in [-0.25, -0.2) is 4.98 Å². The molecule has 3 aromatic heterocycles. The number of Topliss-reactive ketones (excluding diaryl/α,β-unsaturated/α-hetero) is 1. The van der Waals surface area contributed by atoms with Gasteiger partial charge in [0.25, 0.3) is 23.5 Å². The van der Waals surface area contributed by atoms with E-state index in [1.165, 1.54) is 22.4 Å². The number of carbonyl (C=O) groups is 4. The molecule has 3 amide bonds. The van der Waals surface area contributed by atoms with Crippen LogP contribution in [0.5, 0.6) is 0 Å². The minimum atomic E-state index is -0.670. The number of hydrogen-bond acceptors (Lipinski definition) is 7. The molecule has 36 heavy (non-hydrogen) atoms. The first-order chi connectivity index (χ1) is 17.4. The molecule has 1 fully saturated rings. The zero-order valence-electron chi connectivity index (χ0n) is 19.1. The molecule has 180 valence electrons. The van der Waals surface area contributed by atoms with E-state index in [0.717, 1.165) is 5.69 Å². The van der Waals surface area contributed by atoms with E-state index in [4.69, 9.17) is 0 Å². The van der Waals surface area contributed by atoms with Crippen LogP contribution >= 0.6 is 11.3 Å². The number of nitrogens with one attached hydrogen (secondary N) is 2. The number of pyridine rings is 1. The first kappa shape index (κ1) is 22.1. The smallest absolute Gasteiger partial charge is 0.295 e. The molecule has 1 unspecified atom stereocenters. The summed E-state index contributed by atoms with van der Waals surface area (Å²) in [5.41, 5.74) is 2.89. The Morgan fingerprint density at radius 1 is 1.14 bits per heavy atom. The van der Waals surface area contributed by atoms with Gasteiger partial charge in [0.15, 0.2) is 5.13 Å². The van der Waals surface area contributed by atoms with Crippen LogP contribution in [0.25, 0.3) is 11.0 Å². The van der Waals surface area contributed by atoms with Crippen LogP contribution in [0, 0.1) is 6.92 Å². The average Bonchev–Trinajstić information content (AvgIpc) is 3.50. The van der Waals surface area contributed by atoms with Gasteiger partial charge in [-0.15, -0.1) is 11.3 Å². The summed E-state index contributed by atoms with van der Waals surface area (Å²) < 4.78 is 0. The van der Waals surface area contributed by atoms with Gasteiger partial charge < -0.3 is 14.8 Å². The standard InChI is InChI=1S/C25H20N6O4S/c1-13-12-36-25(27-13)29-22(33)15-7-8-26-20-17-19(28-18(15)20)16-11-30(9-10-31(16)24(35)21(17)32)23(34)14-5-3-2-4-6-14/h2-8,12,16,28H,9-11H2,1H3,(H,27,29,33). The Morgan fingerprint density at radius 2 is 1.94 bits per heavy atom. The minimum absolute atomic E-state index is 0.144. The summed E-state index contributed by atoms with van der Waals surface area (Å²) in [6.45, 7) is 2.59. The normalized spacial score (nSPS) is 17.2. The highest BCUT2D eigenvalue weighted by Gasteiger charge is 2.45.